The zero-order chi connectivity index (χ0) is 17.4. The van der Waals surface area contributed by atoms with E-state index in [-0.39, 0.29) is 12.5 Å². The molecule has 1 amide bonds. The van der Waals surface area contributed by atoms with Gasteiger partial charge in [0.1, 0.15) is 5.75 Å². The third-order valence-electron chi connectivity index (χ3n) is 4.57. The number of carboxylic acid groups (broad SMARTS) is 1. The van der Waals surface area contributed by atoms with E-state index in [1.165, 1.54) is 38.5 Å². The number of rotatable bonds is 7. The molecule has 2 rings (SSSR count). The largest absolute Gasteiger partial charge is 0.482 e. The molecule has 0 aliphatic heterocycles. The number of nitrogens with zero attached hydrogens (tertiary/aromatic N) is 1. The highest BCUT2D eigenvalue weighted by Gasteiger charge is 2.18. The highest BCUT2D eigenvalue weighted by Crippen LogP contribution is 2.26. The molecule has 1 aromatic carbocycles. The van der Waals surface area contributed by atoms with E-state index in [0.29, 0.717) is 24.6 Å². The van der Waals surface area contributed by atoms with E-state index in [2.05, 4.69) is 0 Å². The van der Waals surface area contributed by atoms with Crippen LogP contribution >= 0.6 is 0 Å². The van der Waals surface area contributed by atoms with Crippen LogP contribution in [0.5, 0.6) is 5.75 Å². The van der Waals surface area contributed by atoms with E-state index in [1.54, 1.807) is 17.0 Å². The van der Waals surface area contributed by atoms with Gasteiger partial charge >= 0.3 is 5.97 Å². The van der Waals surface area contributed by atoms with E-state index in [9.17, 15) is 9.59 Å². The van der Waals surface area contributed by atoms with Gasteiger partial charge in [-0.1, -0.05) is 37.8 Å². The normalized spacial score (nSPS) is 15.5. The zero-order valence-electron chi connectivity index (χ0n) is 14.4. The Bertz CT molecular complexity index is 533. The molecule has 132 valence electrons. The van der Waals surface area contributed by atoms with Crippen molar-refractivity contribution < 1.29 is 19.4 Å². The molecule has 5 nitrogen and oxygen atoms in total. The third kappa shape index (κ3) is 6.22. The molecule has 5 heteroatoms. The Morgan fingerprint density at radius 2 is 1.75 bits per heavy atom. The lowest BCUT2D eigenvalue weighted by Gasteiger charge is -2.21. The van der Waals surface area contributed by atoms with Gasteiger partial charge in [0.15, 0.2) is 6.61 Å². The van der Waals surface area contributed by atoms with Crippen molar-refractivity contribution >= 4 is 11.9 Å². The smallest absolute Gasteiger partial charge is 0.341 e. The standard InChI is InChI=1S/C19H27NO4/c1-20(18(21)12-15-6-4-2-3-5-7-15)13-16-8-10-17(11-9-16)24-14-19(22)23/h8-11,15H,2-7,12-14H2,1H3,(H,22,23). The van der Waals surface area contributed by atoms with Crippen LogP contribution in [0.3, 0.4) is 0 Å². The maximum Gasteiger partial charge on any atom is 0.341 e. The second-order valence-electron chi connectivity index (χ2n) is 6.64. The van der Waals surface area contributed by atoms with E-state index >= 15 is 0 Å². The van der Waals surface area contributed by atoms with Gasteiger partial charge in [-0.3, -0.25) is 4.79 Å². The monoisotopic (exact) mass is 333 g/mol. The summed E-state index contributed by atoms with van der Waals surface area (Å²) in [5.74, 6) is 0.263. The first-order valence-electron chi connectivity index (χ1n) is 8.72. The van der Waals surface area contributed by atoms with Crippen LogP contribution in [0, 0.1) is 5.92 Å². The molecule has 1 saturated carbocycles. The van der Waals surface area contributed by atoms with Crippen LogP contribution in [0.4, 0.5) is 0 Å². The Morgan fingerprint density at radius 3 is 2.33 bits per heavy atom. The van der Waals surface area contributed by atoms with Crippen LogP contribution < -0.4 is 4.74 Å². The molecular formula is C19H27NO4. The van der Waals surface area contributed by atoms with Gasteiger partial charge in [-0.25, -0.2) is 4.79 Å². The third-order valence-corrected chi connectivity index (χ3v) is 4.57. The first-order valence-corrected chi connectivity index (χ1v) is 8.72. The summed E-state index contributed by atoms with van der Waals surface area (Å²) in [4.78, 5) is 24.7. The van der Waals surface area contributed by atoms with Crippen LogP contribution in [-0.4, -0.2) is 35.5 Å². The predicted octanol–water partition coefficient (Wildman–Crippen LogP) is 3.47. The Labute approximate surface area is 143 Å². The van der Waals surface area contributed by atoms with Gasteiger partial charge < -0.3 is 14.7 Å². The molecule has 1 aliphatic carbocycles. The molecule has 24 heavy (non-hydrogen) atoms. The lowest BCUT2D eigenvalue weighted by atomic mass is 9.96. The highest BCUT2D eigenvalue weighted by atomic mass is 16.5. The molecule has 0 saturated heterocycles. The van der Waals surface area contributed by atoms with Crippen LogP contribution in [0.15, 0.2) is 24.3 Å². The van der Waals surface area contributed by atoms with Crippen molar-refractivity contribution in [3.8, 4) is 5.75 Å². The number of carbonyl (C=O) groups is 2. The summed E-state index contributed by atoms with van der Waals surface area (Å²) in [6.45, 7) is 0.212. The van der Waals surface area contributed by atoms with Crippen molar-refractivity contribution in [2.45, 2.75) is 51.5 Å². The molecule has 0 radical (unpaired) electrons. The number of benzene rings is 1. The molecular weight excluding hydrogens is 306 g/mol. The summed E-state index contributed by atoms with van der Waals surface area (Å²) >= 11 is 0. The van der Waals surface area contributed by atoms with Crippen LogP contribution in [0.25, 0.3) is 0 Å². The first kappa shape index (κ1) is 18.3. The molecule has 0 aromatic heterocycles. The summed E-state index contributed by atoms with van der Waals surface area (Å²) in [7, 11) is 1.84. The quantitative estimate of drug-likeness (QED) is 0.776. The topological polar surface area (TPSA) is 66.8 Å². The molecule has 0 heterocycles. The lowest BCUT2D eigenvalue weighted by molar-refractivity contribution is -0.139. The fourth-order valence-electron chi connectivity index (χ4n) is 3.17. The zero-order valence-corrected chi connectivity index (χ0v) is 14.4. The average Bonchev–Trinajstić information content (AvgIpc) is 2.82. The maximum atomic E-state index is 12.4. The maximum absolute atomic E-state index is 12.4. The van der Waals surface area contributed by atoms with Crippen molar-refractivity contribution in [2.75, 3.05) is 13.7 Å². The minimum absolute atomic E-state index is 0.202. The molecule has 0 atom stereocenters. The first-order chi connectivity index (χ1) is 11.5. The molecule has 1 aromatic rings. The molecule has 0 spiro atoms. The lowest BCUT2D eigenvalue weighted by Crippen LogP contribution is -2.28. The van der Waals surface area contributed by atoms with Gasteiger partial charge in [0.25, 0.3) is 0 Å². The van der Waals surface area contributed by atoms with Crippen molar-refractivity contribution in [2.24, 2.45) is 5.92 Å². The van der Waals surface area contributed by atoms with Crippen LogP contribution in [0.2, 0.25) is 0 Å². The number of hydrogen-bond acceptors (Lipinski definition) is 3. The van der Waals surface area contributed by atoms with Gasteiger partial charge in [0.2, 0.25) is 5.91 Å². The number of carbonyl (C=O) groups excluding carboxylic acids is 1. The summed E-state index contributed by atoms with van der Waals surface area (Å²) < 4.78 is 5.11. The minimum Gasteiger partial charge on any atom is -0.482 e. The van der Waals surface area contributed by atoms with Crippen LogP contribution in [0.1, 0.15) is 50.5 Å². The number of ether oxygens (including phenoxy) is 1. The SMILES string of the molecule is CN(Cc1ccc(OCC(=O)O)cc1)C(=O)CC1CCCCCC1. The number of carboxylic acids is 1. The van der Waals surface area contributed by atoms with Crippen LogP contribution in [-0.2, 0) is 16.1 Å². The summed E-state index contributed by atoms with van der Waals surface area (Å²) in [5.41, 5.74) is 1.01. The van der Waals surface area contributed by atoms with Crippen molar-refractivity contribution in [3.63, 3.8) is 0 Å². The Kier molecular flexibility index (Phi) is 7.09. The average molecular weight is 333 g/mol. The van der Waals surface area contributed by atoms with Crippen molar-refractivity contribution in [1.82, 2.24) is 4.90 Å². The van der Waals surface area contributed by atoms with E-state index in [4.69, 9.17) is 9.84 Å². The van der Waals surface area contributed by atoms with E-state index < -0.39 is 5.97 Å². The molecule has 1 N–H and O–H groups in total. The summed E-state index contributed by atoms with van der Waals surface area (Å²) in [6, 6.07) is 7.21. The fraction of sp³-hybridized carbons (Fsp3) is 0.579. The Hall–Kier alpha value is -2.04. The summed E-state index contributed by atoms with van der Waals surface area (Å²) in [5, 5.41) is 8.59. The molecule has 0 bridgehead atoms. The Morgan fingerprint density at radius 1 is 1.12 bits per heavy atom. The summed E-state index contributed by atoms with van der Waals surface area (Å²) in [6.07, 6.45) is 8.10. The van der Waals surface area contributed by atoms with Gasteiger partial charge in [-0.05, 0) is 36.5 Å². The second-order valence-corrected chi connectivity index (χ2v) is 6.64. The van der Waals surface area contributed by atoms with Gasteiger partial charge in [0.05, 0.1) is 0 Å². The molecule has 1 aliphatic rings. The van der Waals surface area contributed by atoms with Gasteiger partial charge in [0, 0.05) is 20.0 Å². The van der Waals surface area contributed by atoms with Crippen molar-refractivity contribution in [1.29, 1.82) is 0 Å². The Balaban J connectivity index is 1.80. The van der Waals surface area contributed by atoms with E-state index in [0.717, 1.165) is 5.56 Å². The number of aliphatic carboxylic acids is 1. The van der Waals surface area contributed by atoms with Gasteiger partial charge in [-0.15, -0.1) is 0 Å². The fourth-order valence-corrected chi connectivity index (χ4v) is 3.17. The molecule has 1 fully saturated rings. The molecule has 0 unspecified atom stereocenters. The van der Waals surface area contributed by atoms with E-state index in [1.807, 2.05) is 19.2 Å². The second kappa shape index (κ2) is 9.30. The highest BCUT2D eigenvalue weighted by molar-refractivity contribution is 5.76. The predicted molar refractivity (Wildman–Crippen MR) is 91.9 cm³/mol. The number of hydrogen-bond donors (Lipinski definition) is 1. The number of amides is 1. The minimum atomic E-state index is -0.997. The van der Waals surface area contributed by atoms with Crippen molar-refractivity contribution in [3.05, 3.63) is 29.8 Å². The van der Waals surface area contributed by atoms with Gasteiger partial charge in [-0.2, -0.15) is 0 Å².